The Kier molecular flexibility index (Phi) is 7.87. The average molecular weight is 245 g/mol. The number of nitrogens with zero attached hydrogens (tertiary/aromatic N) is 2. The van der Waals surface area contributed by atoms with Crippen molar-refractivity contribution in [1.82, 2.24) is 10.2 Å². The van der Waals surface area contributed by atoms with E-state index >= 15 is 0 Å². The molecule has 1 N–H and O–H groups in total. The number of hydrogen-bond donors (Lipinski definition) is 1. The van der Waals surface area contributed by atoms with Gasteiger partial charge in [0, 0.05) is 13.0 Å². The Morgan fingerprint density at radius 1 is 1.17 bits per heavy atom. The minimum absolute atomic E-state index is 0.654. The first-order valence-electron chi connectivity index (χ1n) is 6.63. The van der Waals surface area contributed by atoms with Gasteiger partial charge in [-0.05, 0) is 45.1 Å². The SMILES string of the molecule is CN(CCCNCCCC#N)Cc1ccccc1. The van der Waals surface area contributed by atoms with E-state index in [4.69, 9.17) is 5.26 Å². The maximum Gasteiger partial charge on any atom is 0.0622 e. The molecule has 0 aromatic heterocycles. The van der Waals surface area contributed by atoms with Crippen LogP contribution in [0, 0.1) is 11.3 Å². The number of unbranched alkanes of at least 4 members (excludes halogenated alkanes) is 1. The van der Waals surface area contributed by atoms with Crippen LogP contribution in [0.15, 0.2) is 30.3 Å². The van der Waals surface area contributed by atoms with Crippen LogP contribution in [0.2, 0.25) is 0 Å². The van der Waals surface area contributed by atoms with Gasteiger partial charge in [-0.1, -0.05) is 30.3 Å². The van der Waals surface area contributed by atoms with Crippen LogP contribution in [0.5, 0.6) is 0 Å². The van der Waals surface area contributed by atoms with Gasteiger partial charge in [-0.3, -0.25) is 0 Å². The van der Waals surface area contributed by atoms with Crippen LogP contribution in [-0.4, -0.2) is 31.6 Å². The molecule has 0 amide bonds. The van der Waals surface area contributed by atoms with Crippen LogP contribution in [-0.2, 0) is 6.54 Å². The van der Waals surface area contributed by atoms with Gasteiger partial charge in [-0.25, -0.2) is 0 Å². The summed E-state index contributed by atoms with van der Waals surface area (Å²) in [6.07, 6.45) is 2.76. The summed E-state index contributed by atoms with van der Waals surface area (Å²) in [5.41, 5.74) is 1.36. The van der Waals surface area contributed by atoms with E-state index in [1.165, 1.54) is 5.56 Å². The normalized spacial score (nSPS) is 10.5. The molecule has 0 radical (unpaired) electrons. The molecule has 0 saturated carbocycles. The predicted molar refractivity (Wildman–Crippen MR) is 75.1 cm³/mol. The zero-order chi connectivity index (χ0) is 13.1. The molecule has 0 heterocycles. The summed E-state index contributed by atoms with van der Waals surface area (Å²) in [6.45, 7) is 4.09. The van der Waals surface area contributed by atoms with Crippen molar-refractivity contribution in [2.24, 2.45) is 0 Å². The smallest absolute Gasteiger partial charge is 0.0622 e. The molecule has 0 unspecified atom stereocenters. The van der Waals surface area contributed by atoms with Crippen molar-refractivity contribution >= 4 is 0 Å². The first-order valence-corrected chi connectivity index (χ1v) is 6.63. The van der Waals surface area contributed by atoms with E-state index in [0.29, 0.717) is 6.42 Å². The highest BCUT2D eigenvalue weighted by atomic mass is 15.1. The van der Waals surface area contributed by atoms with Crippen LogP contribution in [0.1, 0.15) is 24.8 Å². The number of hydrogen-bond acceptors (Lipinski definition) is 3. The molecule has 0 atom stereocenters. The zero-order valence-electron chi connectivity index (χ0n) is 11.2. The van der Waals surface area contributed by atoms with Crippen LogP contribution in [0.25, 0.3) is 0 Å². The highest BCUT2D eigenvalue weighted by Crippen LogP contribution is 2.02. The van der Waals surface area contributed by atoms with E-state index in [1.807, 2.05) is 0 Å². The molecular formula is C15H23N3. The summed E-state index contributed by atoms with van der Waals surface area (Å²) >= 11 is 0. The van der Waals surface area contributed by atoms with Gasteiger partial charge in [-0.2, -0.15) is 5.26 Å². The zero-order valence-corrected chi connectivity index (χ0v) is 11.2. The Bertz CT molecular complexity index is 343. The van der Waals surface area contributed by atoms with Crippen molar-refractivity contribution in [3.8, 4) is 6.07 Å². The molecule has 0 bridgehead atoms. The lowest BCUT2D eigenvalue weighted by atomic mass is 10.2. The molecule has 98 valence electrons. The molecule has 0 saturated heterocycles. The van der Waals surface area contributed by atoms with Crippen molar-refractivity contribution in [3.05, 3.63) is 35.9 Å². The standard InChI is InChI=1S/C15H23N3/c1-18(14-15-8-3-2-4-9-15)13-7-12-17-11-6-5-10-16/h2-4,8-9,17H,5-7,11-14H2,1H3. The van der Waals surface area contributed by atoms with Crippen molar-refractivity contribution in [1.29, 1.82) is 5.26 Å². The topological polar surface area (TPSA) is 39.1 Å². The summed E-state index contributed by atoms with van der Waals surface area (Å²) in [7, 11) is 2.16. The molecule has 0 fully saturated rings. The highest BCUT2D eigenvalue weighted by molar-refractivity contribution is 5.14. The van der Waals surface area contributed by atoms with Crippen molar-refractivity contribution < 1.29 is 0 Å². The van der Waals surface area contributed by atoms with Crippen LogP contribution >= 0.6 is 0 Å². The molecule has 0 aliphatic heterocycles. The minimum atomic E-state index is 0.654. The summed E-state index contributed by atoms with van der Waals surface area (Å²) in [4.78, 5) is 2.34. The Hall–Kier alpha value is -1.37. The number of nitrogens with one attached hydrogen (secondary N) is 1. The van der Waals surface area contributed by atoms with Crippen molar-refractivity contribution in [3.63, 3.8) is 0 Å². The van der Waals surface area contributed by atoms with Gasteiger partial charge in [0.05, 0.1) is 6.07 Å². The fourth-order valence-electron chi connectivity index (χ4n) is 1.87. The number of nitriles is 1. The molecule has 3 heteroatoms. The van der Waals surface area contributed by atoms with E-state index in [9.17, 15) is 0 Å². The predicted octanol–water partition coefficient (Wildman–Crippen LogP) is 2.40. The van der Waals surface area contributed by atoms with Crippen LogP contribution in [0.3, 0.4) is 0 Å². The second kappa shape index (κ2) is 9.64. The van der Waals surface area contributed by atoms with E-state index in [2.05, 4.69) is 53.7 Å². The first-order chi connectivity index (χ1) is 8.83. The lowest BCUT2D eigenvalue weighted by Gasteiger charge is -2.16. The lowest BCUT2D eigenvalue weighted by molar-refractivity contribution is 0.319. The first kappa shape index (κ1) is 14.7. The Morgan fingerprint density at radius 3 is 2.61 bits per heavy atom. The van der Waals surface area contributed by atoms with Gasteiger partial charge in [0.15, 0.2) is 0 Å². The van der Waals surface area contributed by atoms with Gasteiger partial charge in [0.25, 0.3) is 0 Å². The molecule has 1 aromatic rings. The third-order valence-electron chi connectivity index (χ3n) is 2.83. The van der Waals surface area contributed by atoms with Crippen LogP contribution in [0.4, 0.5) is 0 Å². The number of rotatable bonds is 9. The molecule has 18 heavy (non-hydrogen) atoms. The molecule has 1 rings (SSSR count). The number of benzene rings is 1. The van der Waals surface area contributed by atoms with Crippen molar-refractivity contribution in [2.45, 2.75) is 25.8 Å². The summed E-state index contributed by atoms with van der Waals surface area (Å²) in [5.74, 6) is 0. The summed E-state index contributed by atoms with van der Waals surface area (Å²) in [6, 6.07) is 12.7. The third-order valence-corrected chi connectivity index (χ3v) is 2.83. The lowest BCUT2D eigenvalue weighted by Crippen LogP contribution is -2.24. The van der Waals surface area contributed by atoms with Crippen molar-refractivity contribution in [2.75, 3.05) is 26.7 Å². The second-order valence-corrected chi connectivity index (χ2v) is 4.59. The highest BCUT2D eigenvalue weighted by Gasteiger charge is 1.99. The van der Waals surface area contributed by atoms with E-state index in [1.54, 1.807) is 0 Å². The van der Waals surface area contributed by atoms with Gasteiger partial charge in [0.2, 0.25) is 0 Å². The Morgan fingerprint density at radius 2 is 1.89 bits per heavy atom. The third kappa shape index (κ3) is 7.05. The molecular weight excluding hydrogens is 222 g/mol. The van der Waals surface area contributed by atoms with Gasteiger partial charge in [0.1, 0.15) is 0 Å². The monoisotopic (exact) mass is 245 g/mol. The Labute approximate surface area is 110 Å². The summed E-state index contributed by atoms with van der Waals surface area (Å²) < 4.78 is 0. The molecule has 0 aliphatic rings. The van der Waals surface area contributed by atoms with E-state index in [-0.39, 0.29) is 0 Å². The molecule has 0 aliphatic carbocycles. The maximum absolute atomic E-state index is 8.40. The molecule has 0 spiro atoms. The van der Waals surface area contributed by atoms with Gasteiger partial charge in [-0.15, -0.1) is 0 Å². The van der Waals surface area contributed by atoms with Crippen LogP contribution < -0.4 is 5.32 Å². The van der Waals surface area contributed by atoms with Gasteiger partial charge >= 0.3 is 0 Å². The largest absolute Gasteiger partial charge is 0.317 e. The van der Waals surface area contributed by atoms with Gasteiger partial charge < -0.3 is 10.2 Å². The minimum Gasteiger partial charge on any atom is -0.317 e. The van der Waals surface area contributed by atoms with E-state index in [0.717, 1.165) is 39.0 Å². The fourth-order valence-corrected chi connectivity index (χ4v) is 1.87. The second-order valence-electron chi connectivity index (χ2n) is 4.59. The average Bonchev–Trinajstić information content (AvgIpc) is 2.39. The summed E-state index contributed by atoms with van der Waals surface area (Å²) in [5, 5.41) is 11.8. The fraction of sp³-hybridized carbons (Fsp3) is 0.533. The Balaban J connectivity index is 2.00. The molecule has 3 nitrogen and oxygen atoms in total. The maximum atomic E-state index is 8.40. The molecule has 1 aromatic carbocycles. The van der Waals surface area contributed by atoms with E-state index < -0.39 is 0 Å². The quantitative estimate of drug-likeness (QED) is 0.679.